The monoisotopic (exact) mass is 469 g/mol. The summed E-state index contributed by atoms with van der Waals surface area (Å²) >= 11 is 0. The molecule has 0 fully saturated rings. The van der Waals surface area contributed by atoms with Gasteiger partial charge in [-0.15, -0.1) is 0 Å². The molecule has 0 radical (unpaired) electrons. The predicted octanol–water partition coefficient (Wildman–Crippen LogP) is 3.16. The largest absolute Gasteiger partial charge is 0.465 e. The number of benzene rings is 2. The second-order valence-electron chi connectivity index (χ2n) is 7.52. The summed E-state index contributed by atoms with van der Waals surface area (Å²) in [6, 6.07) is 12.7. The molecule has 3 aromatic rings. The Hall–Kier alpha value is -4.61. The van der Waals surface area contributed by atoms with Crippen molar-refractivity contribution in [2.75, 3.05) is 13.1 Å². The van der Waals surface area contributed by atoms with Gasteiger partial charge >= 0.3 is 12.2 Å². The van der Waals surface area contributed by atoms with Crippen molar-refractivity contribution in [2.24, 2.45) is 0 Å². The second kappa shape index (κ2) is 10.8. The van der Waals surface area contributed by atoms with Gasteiger partial charge in [-0.1, -0.05) is 12.1 Å². The molecule has 3 rings (SSSR count). The molecule has 0 saturated heterocycles. The molecule has 6 N–H and O–H groups in total. The summed E-state index contributed by atoms with van der Waals surface area (Å²) in [6.45, 7) is 0.196. The Kier molecular flexibility index (Phi) is 7.64. The molecule has 3 amide bonds. The molecule has 0 aliphatic carbocycles. The van der Waals surface area contributed by atoms with Crippen LogP contribution in [0.15, 0.2) is 48.5 Å². The molecular formula is C22H23N5O7. The number of hydrogen-bond acceptors (Lipinski definition) is 5. The van der Waals surface area contributed by atoms with Gasteiger partial charge in [0.15, 0.2) is 0 Å². The Morgan fingerprint density at radius 1 is 0.971 bits per heavy atom. The SMILES string of the molecule is O=C(O)NCCC[C@@H](CNC(=O)c1cc2ccc(-c3ccc([N+](=O)[O-])cc3)cc2[nH]1)NC(=O)O. The van der Waals surface area contributed by atoms with Gasteiger partial charge in [0.1, 0.15) is 5.69 Å². The summed E-state index contributed by atoms with van der Waals surface area (Å²) in [5.41, 5.74) is 2.58. The van der Waals surface area contributed by atoms with Crippen molar-refractivity contribution in [3.05, 3.63) is 64.3 Å². The highest BCUT2D eigenvalue weighted by Crippen LogP contribution is 2.26. The summed E-state index contributed by atoms with van der Waals surface area (Å²) in [5.74, 6) is -0.422. The van der Waals surface area contributed by atoms with Gasteiger partial charge < -0.3 is 31.1 Å². The molecular weight excluding hydrogens is 446 g/mol. The third-order valence-electron chi connectivity index (χ3n) is 5.12. The van der Waals surface area contributed by atoms with Crippen molar-refractivity contribution in [1.29, 1.82) is 0 Å². The molecule has 0 aliphatic heterocycles. The van der Waals surface area contributed by atoms with Gasteiger partial charge in [-0.3, -0.25) is 14.9 Å². The Balaban J connectivity index is 1.65. The van der Waals surface area contributed by atoms with Gasteiger partial charge in [-0.05, 0) is 48.2 Å². The molecule has 1 aromatic heterocycles. The Bertz CT molecular complexity index is 1210. The lowest BCUT2D eigenvalue weighted by molar-refractivity contribution is -0.384. The number of nitro benzene ring substituents is 1. The van der Waals surface area contributed by atoms with E-state index in [1.165, 1.54) is 12.1 Å². The van der Waals surface area contributed by atoms with E-state index in [4.69, 9.17) is 10.2 Å². The number of non-ortho nitro benzene ring substituents is 1. The van der Waals surface area contributed by atoms with E-state index in [-0.39, 0.29) is 24.5 Å². The summed E-state index contributed by atoms with van der Waals surface area (Å²) < 4.78 is 0. The predicted molar refractivity (Wildman–Crippen MR) is 123 cm³/mol. The minimum Gasteiger partial charge on any atom is -0.465 e. The number of fused-ring (bicyclic) bond motifs is 1. The molecule has 0 spiro atoms. The van der Waals surface area contributed by atoms with Gasteiger partial charge in [-0.2, -0.15) is 0 Å². The maximum absolute atomic E-state index is 12.6. The number of nitrogens with one attached hydrogen (secondary N) is 4. The second-order valence-corrected chi connectivity index (χ2v) is 7.52. The summed E-state index contributed by atoms with van der Waals surface area (Å²) in [5, 5.41) is 36.4. The van der Waals surface area contributed by atoms with Crippen LogP contribution < -0.4 is 16.0 Å². The van der Waals surface area contributed by atoms with E-state index in [1.54, 1.807) is 18.2 Å². The first-order valence-electron chi connectivity index (χ1n) is 10.3. The lowest BCUT2D eigenvalue weighted by Gasteiger charge is -2.17. The molecule has 1 atom stereocenters. The van der Waals surface area contributed by atoms with Gasteiger partial charge in [0.05, 0.1) is 4.92 Å². The van der Waals surface area contributed by atoms with Crippen molar-refractivity contribution >= 4 is 34.7 Å². The fraction of sp³-hybridized carbons (Fsp3) is 0.227. The Morgan fingerprint density at radius 3 is 2.32 bits per heavy atom. The van der Waals surface area contributed by atoms with Crippen LogP contribution in [0.3, 0.4) is 0 Å². The fourth-order valence-corrected chi connectivity index (χ4v) is 3.46. The number of nitro groups is 1. The number of carbonyl (C=O) groups is 3. The van der Waals surface area contributed by atoms with Crippen LogP contribution in [-0.4, -0.2) is 57.3 Å². The maximum Gasteiger partial charge on any atom is 0.404 e. The first-order valence-corrected chi connectivity index (χ1v) is 10.3. The summed E-state index contributed by atoms with van der Waals surface area (Å²) in [4.78, 5) is 47.5. The number of aromatic nitrogens is 1. The first-order chi connectivity index (χ1) is 16.2. The fourth-order valence-electron chi connectivity index (χ4n) is 3.46. The van der Waals surface area contributed by atoms with Gasteiger partial charge in [0, 0.05) is 42.2 Å². The standard InChI is InChI=1S/C22H23N5O7/c28-20(24-12-16(25-22(31)32)2-1-9-23-21(29)30)19-11-15-4-3-14(10-18(15)26-19)13-5-7-17(8-6-13)27(33)34/h3-8,10-11,16,23,25-26H,1-2,9,12H2,(H,24,28)(H,29,30)(H,31,32)/t16-/m0/s1. The molecule has 0 aliphatic rings. The highest BCUT2D eigenvalue weighted by molar-refractivity contribution is 5.98. The number of aromatic amines is 1. The lowest BCUT2D eigenvalue weighted by atomic mass is 10.0. The summed E-state index contributed by atoms with van der Waals surface area (Å²) in [7, 11) is 0. The molecule has 1 heterocycles. The zero-order valence-electron chi connectivity index (χ0n) is 17.9. The quantitative estimate of drug-likeness (QED) is 0.149. The van der Waals surface area contributed by atoms with E-state index in [0.717, 1.165) is 16.5 Å². The van der Waals surface area contributed by atoms with Crippen LogP contribution in [0.5, 0.6) is 0 Å². The van der Waals surface area contributed by atoms with E-state index in [1.807, 2.05) is 18.2 Å². The number of hydrogen-bond donors (Lipinski definition) is 6. The van der Waals surface area contributed by atoms with Crippen molar-refractivity contribution in [2.45, 2.75) is 18.9 Å². The van der Waals surface area contributed by atoms with Crippen LogP contribution in [0.25, 0.3) is 22.0 Å². The van der Waals surface area contributed by atoms with E-state index in [2.05, 4.69) is 20.9 Å². The smallest absolute Gasteiger partial charge is 0.404 e. The average Bonchev–Trinajstić information content (AvgIpc) is 3.23. The Labute approximate surface area is 193 Å². The van der Waals surface area contributed by atoms with Crippen LogP contribution in [-0.2, 0) is 0 Å². The normalized spacial score (nSPS) is 11.5. The van der Waals surface area contributed by atoms with Gasteiger partial charge in [-0.25, -0.2) is 9.59 Å². The van der Waals surface area contributed by atoms with E-state index in [0.29, 0.717) is 18.4 Å². The number of amides is 3. The third-order valence-corrected chi connectivity index (χ3v) is 5.12. The minimum atomic E-state index is -1.24. The van der Waals surface area contributed by atoms with Crippen LogP contribution in [0, 0.1) is 10.1 Å². The maximum atomic E-state index is 12.6. The number of carbonyl (C=O) groups excluding carboxylic acids is 1. The molecule has 0 saturated carbocycles. The number of carboxylic acid groups (broad SMARTS) is 2. The van der Waals surface area contributed by atoms with E-state index >= 15 is 0 Å². The molecule has 0 bridgehead atoms. The average molecular weight is 469 g/mol. The van der Waals surface area contributed by atoms with E-state index in [9.17, 15) is 24.5 Å². The highest BCUT2D eigenvalue weighted by atomic mass is 16.6. The van der Waals surface area contributed by atoms with Gasteiger partial charge in [0.25, 0.3) is 11.6 Å². The number of H-pyrrole nitrogens is 1. The minimum absolute atomic E-state index is 0.00232. The topological polar surface area (TPSA) is 187 Å². The van der Waals surface area contributed by atoms with Crippen LogP contribution >= 0.6 is 0 Å². The molecule has 12 heteroatoms. The Morgan fingerprint density at radius 2 is 1.68 bits per heavy atom. The zero-order valence-corrected chi connectivity index (χ0v) is 17.9. The van der Waals surface area contributed by atoms with Gasteiger partial charge in [0.2, 0.25) is 0 Å². The van der Waals surface area contributed by atoms with Crippen molar-refractivity contribution in [3.8, 4) is 11.1 Å². The number of nitrogens with zero attached hydrogens (tertiary/aromatic N) is 1. The van der Waals surface area contributed by atoms with Crippen LogP contribution in [0.1, 0.15) is 23.3 Å². The van der Waals surface area contributed by atoms with Crippen molar-refractivity contribution in [3.63, 3.8) is 0 Å². The molecule has 12 nitrogen and oxygen atoms in total. The zero-order chi connectivity index (χ0) is 24.7. The molecule has 2 aromatic carbocycles. The van der Waals surface area contributed by atoms with Crippen LogP contribution in [0.2, 0.25) is 0 Å². The van der Waals surface area contributed by atoms with Crippen molar-refractivity contribution in [1.82, 2.24) is 20.9 Å². The molecule has 34 heavy (non-hydrogen) atoms. The number of rotatable bonds is 10. The first kappa shape index (κ1) is 24.0. The third kappa shape index (κ3) is 6.45. The lowest BCUT2D eigenvalue weighted by Crippen LogP contribution is -2.43. The van der Waals surface area contributed by atoms with Crippen molar-refractivity contribution < 1.29 is 29.5 Å². The summed E-state index contributed by atoms with van der Waals surface area (Å²) in [6.07, 6.45) is -1.68. The molecule has 0 unspecified atom stereocenters. The van der Waals surface area contributed by atoms with E-state index < -0.39 is 29.1 Å². The van der Waals surface area contributed by atoms with Crippen LogP contribution in [0.4, 0.5) is 15.3 Å². The molecule has 178 valence electrons. The highest BCUT2D eigenvalue weighted by Gasteiger charge is 2.16.